The molecule has 6 nitrogen and oxygen atoms in total. The fourth-order valence-electron chi connectivity index (χ4n) is 4.75. The molecule has 0 heterocycles. The van der Waals surface area contributed by atoms with E-state index >= 15 is 0 Å². The lowest BCUT2D eigenvalue weighted by atomic mass is 9.49. The molecule has 2 aliphatic rings. The molecule has 1 N–H and O–H groups in total. The van der Waals surface area contributed by atoms with Gasteiger partial charge in [0.25, 0.3) is 0 Å². The Morgan fingerprint density at radius 2 is 2.00 bits per heavy atom. The Morgan fingerprint density at radius 1 is 1.33 bits per heavy atom. The normalized spacial score (nSPS) is 39.1. The standard InChI is InChI=1S/C18H21NO5/c1-17-10-13(11-20)15(12-6-3-2-4-7-12)16(19(23)24)18(17,22)9-5-8-14(17)21/h2-4,6-7,11,13,15-16,22H,5,8-10H2,1H3/t13-,15-,16+,17-,18+/m1/s1. The van der Waals surface area contributed by atoms with Gasteiger partial charge in [0.05, 0.1) is 11.3 Å². The van der Waals surface area contributed by atoms with Gasteiger partial charge in [-0.3, -0.25) is 14.9 Å². The number of ketones is 1. The molecule has 0 saturated heterocycles. The number of fused-ring (bicyclic) bond motifs is 1. The molecule has 5 atom stereocenters. The maximum atomic E-state index is 12.5. The minimum absolute atomic E-state index is 0.149. The number of nitrogens with zero attached hydrogens (tertiary/aromatic N) is 1. The Morgan fingerprint density at radius 3 is 2.58 bits per heavy atom. The van der Waals surface area contributed by atoms with E-state index < -0.39 is 33.8 Å². The van der Waals surface area contributed by atoms with Crippen LogP contribution in [-0.4, -0.2) is 33.7 Å². The average Bonchev–Trinajstić information content (AvgIpc) is 2.56. The predicted molar refractivity (Wildman–Crippen MR) is 86.1 cm³/mol. The summed E-state index contributed by atoms with van der Waals surface area (Å²) in [7, 11) is 0. The zero-order valence-electron chi connectivity index (χ0n) is 13.6. The van der Waals surface area contributed by atoms with E-state index in [0.717, 1.165) is 0 Å². The molecule has 0 aliphatic heterocycles. The molecule has 0 bridgehead atoms. The summed E-state index contributed by atoms with van der Waals surface area (Å²) in [6.07, 6.45) is 1.79. The quantitative estimate of drug-likeness (QED) is 0.520. The van der Waals surface area contributed by atoms with Gasteiger partial charge in [-0.05, 0) is 31.7 Å². The number of aldehydes is 1. The van der Waals surface area contributed by atoms with Gasteiger partial charge in [0, 0.05) is 17.3 Å². The van der Waals surface area contributed by atoms with E-state index in [-0.39, 0.29) is 18.6 Å². The first kappa shape index (κ1) is 16.8. The van der Waals surface area contributed by atoms with Gasteiger partial charge in [-0.2, -0.15) is 0 Å². The molecule has 3 rings (SSSR count). The Labute approximate surface area is 140 Å². The van der Waals surface area contributed by atoms with E-state index in [0.29, 0.717) is 24.7 Å². The van der Waals surface area contributed by atoms with Gasteiger partial charge in [0.15, 0.2) is 0 Å². The molecule has 128 valence electrons. The first-order chi connectivity index (χ1) is 11.3. The van der Waals surface area contributed by atoms with Crippen molar-refractivity contribution < 1.29 is 19.6 Å². The summed E-state index contributed by atoms with van der Waals surface area (Å²) in [6.45, 7) is 1.59. The molecule has 0 radical (unpaired) electrons. The summed E-state index contributed by atoms with van der Waals surface area (Å²) >= 11 is 0. The molecule has 1 aromatic rings. The third-order valence-electron chi connectivity index (χ3n) is 6.05. The topological polar surface area (TPSA) is 97.5 Å². The molecule has 2 fully saturated rings. The maximum Gasteiger partial charge on any atom is 0.249 e. The lowest BCUT2D eigenvalue weighted by Gasteiger charge is -2.54. The number of aliphatic hydroxyl groups is 1. The number of rotatable bonds is 3. The minimum atomic E-state index is -1.73. The summed E-state index contributed by atoms with van der Waals surface area (Å²) < 4.78 is 0. The monoisotopic (exact) mass is 331 g/mol. The van der Waals surface area contributed by atoms with E-state index in [4.69, 9.17) is 0 Å². The lowest BCUT2D eigenvalue weighted by molar-refractivity contribution is -0.561. The second-order valence-corrected chi connectivity index (χ2v) is 7.20. The maximum absolute atomic E-state index is 12.5. The van der Waals surface area contributed by atoms with Crippen LogP contribution in [0.1, 0.15) is 44.1 Å². The van der Waals surface area contributed by atoms with E-state index in [1.54, 1.807) is 37.3 Å². The molecule has 24 heavy (non-hydrogen) atoms. The first-order valence-electron chi connectivity index (χ1n) is 8.24. The molecule has 0 aromatic heterocycles. The van der Waals surface area contributed by atoms with Crippen molar-refractivity contribution in [2.45, 2.75) is 50.2 Å². The summed E-state index contributed by atoms with van der Waals surface area (Å²) in [5.41, 5.74) is -2.32. The zero-order chi connectivity index (χ0) is 17.5. The van der Waals surface area contributed by atoms with E-state index in [9.17, 15) is 24.8 Å². The van der Waals surface area contributed by atoms with Crippen molar-refractivity contribution >= 4 is 12.1 Å². The lowest BCUT2D eigenvalue weighted by Crippen LogP contribution is -2.68. The van der Waals surface area contributed by atoms with Crippen molar-refractivity contribution in [2.24, 2.45) is 11.3 Å². The van der Waals surface area contributed by atoms with Crippen molar-refractivity contribution in [3.8, 4) is 0 Å². The van der Waals surface area contributed by atoms with Gasteiger partial charge in [-0.1, -0.05) is 30.3 Å². The van der Waals surface area contributed by atoms with Crippen LogP contribution in [0.15, 0.2) is 30.3 Å². The molecule has 2 saturated carbocycles. The van der Waals surface area contributed by atoms with Crippen molar-refractivity contribution in [3.05, 3.63) is 46.0 Å². The average molecular weight is 331 g/mol. The predicted octanol–water partition coefficient (Wildman–Crippen LogP) is 2.12. The van der Waals surface area contributed by atoms with Crippen molar-refractivity contribution in [1.29, 1.82) is 0 Å². The zero-order valence-corrected chi connectivity index (χ0v) is 13.6. The fraction of sp³-hybridized carbons (Fsp3) is 0.556. The number of benzene rings is 1. The summed E-state index contributed by atoms with van der Waals surface area (Å²) in [5, 5.41) is 23.2. The molecule has 0 amide bonds. The van der Waals surface area contributed by atoms with Gasteiger partial charge < -0.3 is 9.90 Å². The minimum Gasteiger partial charge on any atom is -0.382 e. The smallest absolute Gasteiger partial charge is 0.249 e. The largest absolute Gasteiger partial charge is 0.382 e. The molecule has 6 heteroatoms. The van der Waals surface area contributed by atoms with Crippen LogP contribution in [0.5, 0.6) is 0 Å². The van der Waals surface area contributed by atoms with Gasteiger partial charge in [-0.15, -0.1) is 0 Å². The summed E-state index contributed by atoms with van der Waals surface area (Å²) in [4.78, 5) is 35.7. The second kappa shape index (κ2) is 5.77. The van der Waals surface area contributed by atoms with Crippen LogP contribution in [0, 0.1) is 21.4 Å². The molecular weight excluding hydrogens is 310 g/mol. The third-order valence-corrected chi connectivity index (χ3v) is 6.05. The second-order valence-electron chi connectivity index (χ2n) is 7.20. The van der Waals surface area contributed by atoms with Gasteiger partial charge in [0.2, 0.25) is 6.04 Å². The summed E-state index contributed by atoms with van der Waals surface area (Å²) in [5.74, 6) is -1.58. The van der Waals surface area contributed by atoms with Crippen LogP contribution in [0.3, 0.4) is 0 Å². The molecule has 0 spiro atoms. The number of hydrogen-bond donors (Lipinski definition) is 1. The van der Waals surface area contributed by atoms with E-state index in [1.165, 1.54) is 0 Å². The number of carbonyl (C=O) groups excluding carboxylic acids is 2. The molecular formula is C18H21NO5. The molecule has 2 aliphatic carbocycles. The van der Waals surface area contributed by atoms with Crippen LogP contribution in [0.4, 0.5) is 0 Å². The number of carbonyl (C=O) groups is 2. The number of Topliss-reactive ketones (excluding diaryl/α,β-unsaturated/α-hetero) is 1. The molecule has 1 aromatic carbocycles. The van der Waals surface area contributed by atoms with Crippen molar-refractivity contribution in [2.75, 3.05) is 0 Å². The highest BCUT2D eigenvalue weighted by molar-refractivity contribution is 5.87. The first-order valence-corrected chi connectivity index (χ1v) is 8.24. The highest BCUT2D eigenvalue weighted by Gasteiger charge is 2.69. The van der Waals surface area contributed by atoms with Crippen molar-refractivity contribution in [1.82, 2.24) is 0 Å². The van der Waals surface area contributed by atoms with Gasteiger partial charge in [0.1, 0.15) is 17.7 Å². The van der Waals surface area contributed by atoms with E-state index in [2.05, 4.69) is 0 Å². The number of hydrogen-bond acceptors (Lipinski definition) is 5. The molecule has 0 unspecified atom stereocenters. The van der Waals surface area contributed by atoms with Crippen LogP contribution in [0.25, 0.3) is 0 Å². The van der Waals surface area contributed by atoms with E-state index in [1.807, 2.05) is 0 Å². The fourth-order valence-corrected chi connectivity index (χ4v) is 4.75. The van der Waals surface area contributed by atoms with Crippen LogP contribution in [-0.2, 0) is 9.59 Å². The van der Waals surface area contributed by atoms with Crippen LogP contribution in [0.2, 0.25) is 0 Å². The van der Waals surface area contributed by atoms with Crippen LogP contribution < -0.4 is 0 Å². The Bertz CT molecular complexity index is 675. The SMILES string of the molecule is C[C@]12C[C@H](C=O)[C@@H](c3ccccc3)[C@H]([N+](=O)[O-])[C@@]1(O)CCCC2=O. The third kappa shape index (κ3) is 2.20. The Hall–Kier alpha value is -2.08. The summed E-state index contributed by atoms with van der Waals surface area (Å²) in [6, 6.07) is 7.43. The highest BCUT2D eigenvalue weighted by atomic mass is 16.6. The van der Waals surface area contributed by atoms with Gasteiger partial charge >= 0.3 is 0 Å². The van der Waals surface area contributed by atoms with Gasteiger partial charge in [-0.25, -0.2) is 0 Å². The Balaban J connectivity index is 2.18. The highest BCUT2D eigenvalue weighted by Crippen LogP contribution is 2.57. The Kier molecular flexibility index (Phi) is 4.03. The van der Waals surface area contributed by atoms with Crippen LogP contribution >= 0.6 is 0 Å². The van der Waals surface area contributed by atoms with Crippen molar-refractivity contribution in [3.63, 3.8) is 0 Å². The number of nitro groups is 1.